The van der Waals surface area contributed by atoms with Crippen LogP contribution in [0, 0.1) is 11.8 Å². The van der Waals surface area contributed by atoms with E-state index >= 15 is 0 Å². The molecule has 0 amide bonds. The first-order valence-corrected chi connectivity index (χ1v) is 15.1. The van der Waals surface area contributed by atoms with Crippen LogP contribution in [0.2, 0.25) is 0 Å². The third-order valence-electron chi connectivity index (χ3n) is 9.43. The molecule has 1 atom stereocenters. The molecule has 2 aromatic rings. The maximum Gasteiger partial charge on any atom is 0.187 e. The first-order valence-electron chi connectivity index (χ1n) is 15.1. The highest BCUT2D eigenvalue weighted by Crippen LogP contribution is 2.38. The summed E-state index contributed by atoms with van der Waals surface area (Å²) < 4.78 is 0. The number of nitrogens with two attached hydrogens (primary N) is 1. The number of aliphatic imine (C=N–C) groups is 1. The molecule has 6 rings (SSSR count). The van der Waals surface area contributed by atoms with Gasteiger partial charge < -0.3 is 15.5 Å². The fourth-order valence-electron chi connectivity index (χ4n) is 7.27. The van der Waals surface area contributed by atoms with Gasteiger partial charge in [0.15, 0.2) is 5.79 Å². The van der Waals surface area contributed by atoms with E-state index in [0.29, 0.717) is 23.9 Å². The highest BCUT2D eigenvalue weighted by atomic mass is 15.3. The van der Waals surface area contributed by atoms with Gasteiger partial charge in [0.1, 0.15) is 5.84 Å². The molecule has 0 spiro atoms. The van der Waals surface area contributed by atoms with E-state index in [0.717, 1.165) is 51.2 Å². The number of benzene rings is 2. The third-order valence-corrected chi connectivity index (χ3v) is 9.43. The Morgan fingerprint density at radius 3 is 2.18 bits per heavy atom. The highest BCUT2D eigenvalue weighted by molar-refractivity contribution is 5.99. The van der Waals surface area contributed by atoms with Crippen molar-refractivity contribution in [3.63, 3.8) is 0 Å². The average Bonchev–Trinajstić information content (AvgIpc) is 2.95. The Kier molecular flexibility index (Phi) is 7.79. The first-order chi connectivity index (χ1) is 19.0. The molecular weight excluding hydrogens is 480 g/mol. The van der Waals surface area contributed by atoms with Gasteiger partial charge in [-0.25, -0.2) is 4.99 Å². The molecule has 1 saturated carbocycles. The number of hydrogen-bond donors (Lipinski definition) is 3. The lowest BCUT2D eigenvalue weighted by Crippen LogP contribution is -2.61. The molecular formula is C33H46N6. The molecule has 4 aliphatic rings. The Morgan fingerprint density at radius 2 is 1.56 bits per heavy atom. The second kappa shape index (κ2) is 11.4. The molecule has 0 aromatic heterocycles. The standard InChI is InChI=1S/C33H46N6/c1-38(2)32-29-15-9-10-16-30(29)36-33(34,37-32)27-17-19-28(20-18-27)35-21-24-22-39(23-24)31(25-11-5-3-6-12-25)26-13-7-4-8-14-26/h3-8,11-14,24,27-28,31,35-36H,9-10,15-23,34H2,1-2H3. The van der Waals surface area contributed by atoms with Gasteiger partial charge in [0.25, 0.3) is 0 Å². The summed E-state index contributed by atoms with van der Waals surface area (Å²) in [7, 11) is 4.21. The van der Waals surface area contributed by atoms with Gasteiger partial charge >= 0.3 is 0 Å². The summed E-state index contributed by atoms with van der Waals surface area (Å²) in [4.78, 5) is 9.94. The van der Waals surface area contributed by atoms with Crippen LogP contribution in [0.3, 0.4) is 0 Å². The molecule has 2 aliphatic carbocycles. The van der Waals surface area contributed by atoms with Gasteiger partial charge in [-0.05, 0) is 68.4 Å². The van der Waals surface area contributed by atoms with Crippen LogP contribution in [-0.2, 0) is 0 Å². The zero-order valence-corrected chi connectivity index (χ0v) is 23.8. The predicted molar refractivity (Wildman–Crippen MR) is 160 cm³/mol. The van der Waals surface area contributed by atoms with Crippen LogP contribution in [0.5, 0.6) is 0 Å². The average molecular weight is 527 g/mol. The Hall–Kier alpha value is -2.67. The number of likely N-dealkylation sites (N-methyl/N-ethyl adjacent to an activating group) is 1. The number of likely N-dealkylation sites (tertiary alicyclic amines) is 1. The molecule has 1 saturated heterocycles. The van der Waals surface area contributed by atoms with E-state index in [1.54, 1.807) is 0 Å². The van der Waals surface area contributed by atoms with Crippen LogP contribution in [-0.4, -0.2) is 61.2 Å². The third kappa shape index (κ3) is 5.65. The summed E-state index contributed by atoms with van der Waals surface area (Å²) in [5, 5.41) is 7.66. The number of amidine groups is 1. The Labute approximate surface area is 234 Å². The molecule has 2 aliphatic heterocycles. The van der Waals surface area contributed by atoms with Crippen molar-refractivity contribution in [1.82, 2.24) is 20.4 Å². The minimum Gasteiger partial charge on any atom is -0.363 e. The Morgan fingerprint density at radius 1 is 0.949 bits per heavy atom. The van der Waals surface area contributed by atoms with E-state index < -0.39 is 5.79 Å². The van der Waals surface area contributed by atoms with Gasteiger partial charge in [0, 0.05) is 57.0 Å². The molecule has 2 fully saturated rings. The monoisotopic (exact) mass is 526 g/mol. The number of allylic oxidation sites excluding steroid dienone is 1. The lowest BCUT2D eigenvalue weighted by Gasteiger charge is -2.46. The smallest absolute Gasteiger partial charge is 0.187 e. The summed E-state index contributed by atoms with van der Waals surface area (Å²) in [5.41, 5.74) is 12.5. The van der Waals surface area contributed by atoms with Crippen molar-refractivity contribution in [3.05, 3.63) is 83.1 Å². The van der Waals surface area contributed by atoms with Gasteiger partial charge in [-0.2, -0.15) is 0 Å². The minimum absolute atomic E-state index is 0.343. The summed E-state index contributed by atoms with van der Waals surface area (Å²) in [5.74, 6) is 1.52. The van der Waals surface area contributed by atoms with Crippen LogP contribution in [0.15, 0.2) is 76.9 Å². The quantitative estimate of drug-likeness (QED) is 0.481. The number of hydrogen-bond acceptors (Lipinski definition) is 6. The lowest BCUT2D eigenvalue weighted by atomic mass is 9.80. The summed E-state index contributed by atoms with van der Waals surface area (Å²) in [6.45, 7) is 3.39. The number of nitrogens with one attached hydrogen (secondary N) is 2. The summed E-state index contributed by atoms with van der Waals surface area (Å²) in [6, 6.07) is 22.9. The molecule has 1 unspecified atom stereocenters. The normalized spacial score (nSPS) is 27.9. The topological polar surface area (TPSA) is 68.9 Å². The SMILES string of the molecule is CN(C)C1=NC(N)(C2CCC(NCC3CN(C(c4ccccc4)c4ccccc4)C3)CC2)NC2=C1CCCC2. The molecule has 6 nitrogen and oxygen atoms in total. The van der Waals surface area contributed by atoms with E-state index in [-0.39, 0.29) is 0 Å². The Balaban J connectivity index is 1.01. The maximum absolute atomic E-state index is 7.02. The van der Waals surface area contributed by atoms with E-state index in [1.165, 1.54) is 48.1 Å². The van der Waals surface area contributed by atoms with E-state index in [4.69, 9.17) is 10.7 Å². The van der Waals surface area contributed by atoms with Crippen LogP contribution in [0.4, 0.5) is 0 Å². The zero-order valence-electron chi connectivity index (χ0n) is 23.8. The van der Waals surface area contributed by atoms with Crippen LogP contribution in [0.25, 0.3) is 0 Å². The first kappa shape index (κ1) is 26.5. The lowest BCUT2D eigenvalue weighted by molar-refractivity contribution is 0.0640. The van der Waals surface area contributed by atoms with Crippen molar-refractivity contribution in [2.45, 2.75) is 69.2 Å². The van der Waals surface area contributed by atoms with Crippen molar-refractivity contribution < 1.29 is 0 Å². The molecule has 2 aromatic carbocycles. The fourth-order valence-corrected chi connectivity index (χ4v) is 7.27. The van der Waals surface area contributed by atoms with Crippen LogP contribution < -0.4 is 16.4 Å². The van der Waals surface area contributed by atoms with Crippen molar-refractivity contribution in [1.29, 1.82) is 0 Å². The predicted octanol–water partition coefficient (Wildman–Crippen LogP) is 4.86. The summed E-state index contributed by atoms with van der Waals surface area (Å²) >= 11 is 0. The van der Waals surface area contributed by atoms with E-state index in [2.05, 4.69) is 95.2 Å². The second-order valence-electron chi connectivity index (χ2n) is 12.4. The molecule has 208 valence electrons. The second-order valence-corrected chi connectivity index (χ2v) is 12.4. The largest absolute Gasteiger partial charge is 0.363 e. The molecule has 0 bridgehead atoms. The number of nitrogens with zero attached hydrogens (tertiary/aromatic N) is 3. The van der Waals surface area contributed by atoms with Crippen molar-refractivity contribution in [3.8, 4) is 0 Å². The molecule has 2 heterocycles. The molecule has 6 heteroatoms. The van der Waals surface area contributed by atoms with Gasteiger partial charge in [0.05, 0.1) is 6.04 Å². The Bertz CT molecular complexity index is 1120. The molecule has 39 heavy (non-hydrogen) atoms. The zero-order chi connectivity index (χ0) is 26.8. The van der Waals surface area contributed by atoms with Crippen molar-refractivity contribution >= 4 is 5.84 Å². The van der Waals surface area contributed by atoms with Crippen LogP contribution >= 0.6 is 0 Å². The minimum atomic E-state index is -0.668. The van der Waals surface area contributed by atoms with Gasteiger partial charge in [-0.3, -0.25) is 10.6 Å². The summed E-state index contributed by atoms with van der Waals surface area (Å²) in [6.07, 6.45) is 9.31. The number of rotatable bonds is 7. The maximum atomic E-state index is 7.02. The van der Waals surface area contributed by atoms with Gasteiger partial charge in [-0.1, -0.05) is 60.7 Å². The van der Waals surface area contributed by atoms with Crippen LogP contribution in [0.1, 0.15) is 68.5 Å². The van der Waals surface area contributed by atoms with Crippen molar-refractivity contribution in [2.75, 3.05) is 33.7 Å². The fraction of sp³-hybridized carbons (Fsp3) is 0.545. The molecule has 0 radical (unpaired) electrons. The van der Waals surface area contributed by atoms with Crippen molar-refractivity contribution in [2.24, 2.45) is 22.6 Å². The van der Waals surface area contributed by atoms with Gasteiger partial charge in [-0.15, -0.1) is 0 Å². The van der Waals surface area contributed by atoms with E-state index in [9.17, 15) is 0 Å². The van der Waals surface area contributed by atoms with E-state index in [1.807, 2.05) is 0 Å². The molecule has 4 N–H and O–H groups in total. The van der Waals surface area contributed by atoms with Gasteiger partial charge in [0.2, 0.25) is 0 Å². The highest BCUT2D eigenvalue weighted by Gasteiger charge is 2.42.